The van der Waals surface area contributed by atoms with Crippen molar-refractivity contribution >= 4 is 17.5 Å². The van der Waals surface area contributed by atoms with E-state index < -0.39 is 0 Å². The van der Waals surface area contributed by atoms with Crippen LogP contribution in [0.3, 0.4) is 0 Å². The van der Waals surface area contributed by atoms with Crippen LogP contribution in [0, 0.1) is 5.92 Å². The van der Waals surface area contributed by atoms with Crippen molar-refractivity contribution in [2.75, 3.05) is 13.2 Å². The van der Waals surface area contributed by atoms with Crippen LogP contribution in [-0.2, 0) is 4.79 Å². The van der Waals surface area contributed by atoms with Crippen molar-refractivity contribution in [2.24, 2.45) is 11.7 Å². The third-order valence-corrected chi connectivity index (χ3v) is 3.73. The Morgan fingerprint density at radius 1 is 1.58 bits per heavy atom. The summed E-state index contributed by atoms with van der Waals surface area (Å²) in [6.45, 7) is 2.41. The molecule has 0 heterocycles. The van der Waals surface area contributed by atoms with E-state index in [1.54, 1.807) is 24.3 Å². The Bertz CT molecular complexity index is 463. The van der Waals surface area contributed by atoms with Gasteiger partial charge in [0.2, 0.25) is 0 Å². The first-order valence-corrected chi connectivity index (χ1v) is 6.81. The maximum atomic E-state index is 11.9. The average molecular weight is 283 g/mol. The molecule has 0 aromatic heterocycles. The van der Waals surface area contributed by atoms with E-state index >= 15 is 0 Å². The fourth-order valence-corrected chi connectivity index (χ4v) is 2.28. The zero-order valence-electron chi connectivity index (χ0n) is 11.0. The van der Waals surface area contributed by atoms with E-state index in [0.29, 0.717) is 23.2 Å². The Balaban J connectivity index is 1.84. The molecule has 1 aromatic rings. The van der Waals surface area contributed by atoms with E-state index in [2.05, 4.69) is 5.32 Å². The zero-order valence-corrected chi connectivity index (χ0v) is 11.7. The molecule has 0 spiro atoms. The molecule has 5 heteroatoms. The highest BCUT2D eigenvalue weighted by atomic mass is 35.5. The quantitative estimate of drug-likeness (QED) is 0.838. The van der Waals surface area contributed by atoms with Crippen molar-refractivity contribution in [3.05, 3.63) is 29.3 Å². The molecule has 0 aliphatic heterocycles. The van der Waals surface area contributed by atoms with Gasteiger partial charge in [-0.2, -0.15) is 0 Å². The van der Waals surface area contributed by atoms with Crippen LogP contribution >= 0.6 is 11.6 Å². The van der Waals surface area contributed by atoms with Gasteiger partial charge in [-0.15, -0.1) is 0 Å². The highest BCUT2D eigenvalue weighted by molar-refractivity contribution is 6.30. The first kappa shape index (κ1) is 14.2. The molecule has 1 saturated carbocycles. The van der Waals surface area contributed by atoms with Gasteiger partial charge in [-0.1, -0.05) is 17.7 Å². The van der Waals surface area contributed by atoms with Crippen LogP contribution in [-0.4, -0.2) is 24.6 Å². The number of carbonyl (C=O) groups is 1. The molecule has 1 aromatic carbocycles. The first-order chi connectivity index (χ1) is 9.03. The van der Waals surface area contributed by atoms with Gasteiger partial charge < -0.3 is 15.8 Å². The molecule has 3 N–H and O–H groups in total. The van der Waals surface area contributed by atoms with Crippen molar-refractivity contribution in [1.29, 1.82) is 0 Å². The smallest absolute Gasteiger partial charge is 0.258 e. The second-order valence-electron chi connectivity index (χ2n) is 5.19. The monoisotopic (exact) mass is 282 g/mol. The molecule has 1 amide bonds. The molecule has 104 valence electrons. The summed E-state index contributed by atoms with van der Waals surface area (Å²) in [5.74, 6) is 0.927. The van der Waals surface area contributed by atoms with Crippen molar-refractivity contribution < 1.29 is 9.53 Å². The number of amides is 1. The highest BCUT2D eigenvalue weighted by Gasteiger charge is 2.41. The molecule has 0 bridgehead atoms. The lowest BCUT2D eigenvalue weighted by Crippen LogP contribution is -2.54. The van der Waals surface area contributed by atoms with E-state index in [9.17, 15) is 4.79 Å². The minimum atomic E-state index is -0.311. The number of halogens is 1. The molecule has 1 fully saturated rings. The van der Waals surface area contributed by atoms with Crippen LogP contribution in [0.4, 0.5) is 0 Å². The topological polar surface area (TPSA) is 64.3 Å². The summed E-state index contributed by atoms with van der Waals surface area (Å²) in [4.78, 5) is 11.9. The number of hydrogen-bond donors (Lipinski definition) is 2. The molecular weight excluding hydrogens is 264 g/mol. The molecule has 1 aliphatic rings. The van der Waals surface area contributed by atoms with Crippen molar-refractivity contribution in [3.8, 4) is 5.75 Å². The molecule has 0 radical (unpaired) electrons. The van der Waals surface area contributed by atoms with Crippen molar-refractivity contribution in [1.82, 2.24) is 5.32 Å². The molecular formula is C14H19ClN2O2. The third-order valence-electron chi connectivity index (χ3n) is 3.49. The highest BCUT2D eigenvalue weighted by Crippen LogP contribution is 2.38. The largest absolute Gasteiger partial charge is 0.484 e. The number of rotatable bonds is 6. The minimum Gasteiger partial charge on any atom is -0.484 e. The van der Waals surface area contributed by atoms with Crippen LogP contribution in [0.2, 0.25) is 5.02 Å². The normalized spacial score (nSPS) is 17.6. The molecule has 4 nitrogen and oxygen atoms in total. The lowest BCUT2D eigenvalue weighted by Gasteiger charge is -2.29. The second-order valence-corrected chi connectivity index (χ2v) is 5.63. The molecule has 1 atom stereocenters. The van der Waals surface area contributed by atoms with Crippen molar-refractivity contribution in [2.45, 2.75) is 25.3 Å². The first-order valence-electron chi connectivity index (χ1n) is 6.43. The van der Waals surface area contributed by atoms with Gasteiger partial charge in [0.1, 0.15) is 5.75 Å². The molecule has 0 saturated heterocycles. The molecule has 2 rings (SSSR count). The summed E-state index contributed by atoms with van der Waals surface area (Å²) in [6.07, 6.45) is 2.26. The van der Waals surface area contributed by atoms with Gasteiger partial charge in [-0.25, -0.2) is 0 Å². The number of carbonyl (C=O) groups excluding carboxylic acids is 1. The molecule has 19 heavy (non-hydrogen) atoms. The second kappa shape index (κ2) is 5.80. The Morgan fingerprint density at radius 2 is 2.32 bits per heavy atom. The fraction of sp³-hybridized carbons (Fsp3) is 0.500. The van der Waals surface area contributed by atoms with Crippen LogP contribution in [0.5, 0.6) is 5.75 Å². The van der Waals surface area contributed by atoms with Crippen LogP contribution in [0.15, 0.2) is 24.3 Å². The average Bonchev–Trinajstić information content (AvgIpc) is 3.21. The number of benzene rings is 1. The summed E-state index contributed by atoms with van der Waals surface area (Å²) in [7, 11) is 0. The minimum absolute atomic E-state index is 0.0251. The number of ether oxygens (including phenoxy) is 1. The summed E-state index contributed by atoms with van der Waals surface area (Å²) < 4.78 is 5.40. The summed E-state index contributed by atoms with van der Waals surface area (Å²) in [5, 5.41) is 3.55. The molecule has 1 unspecified atom stereocenters. The summed E-state index contributed by atoms with van der Waals surface area (Å²) in [5.41, 5.74) is 5.44. The van der Waals surface area contributed by atoms with Crippen LogP contribution < -0.4 is 15.8 Å². The SMILES string of the molecule is CC(CN)(NC(=O)COc1cccc(Cl)c1)C1CC1. The Morgan fingerprint density at radius 3 is 2.89 bits per heavy atom. The lowest BCUT2D eigenvalue weighted by molar-refractivity contribution is -0.125. The Labute approximate surface area is 118 Å². The Kier molecular flexibility index (Phi) is 4.32. The van der Waals surface area contributed by atoms with Gasteiger partial charge in [-0.3, -0.25) is 4.79 Å². The van der Waals surface area contributed by atoms with Gasteiger partial charge in [0.25, 0.3) is 5.91 Å². The van der Waals surface area contributed by atoms with Crippen LogP contribution in [0.1, 0.15) is 19.8 Å². The van der Waals surface area contributed by atoms with E-state index in [1.165, 1.54) is 0 Å². The van der Waals surface area contributed by atoms with Crippen molar-refractivity contribution in [3.63, 3.8) is 0 Å². The van der Waals surface area contributed by atoms with Gasteiger partial charge >= 0.3 is 0 Å². The van der Waals surface area contributed by atoms with Gasteiger partial charge in [0.05, 0.1) is 5.54 Å². The predicted octanol–water partition coefficient (Wildman–Crippen LogP) is 1.96. The van der Waals surface area contributed by atoms with E-state index in [4.69, 9.17) is 22.1 Å². The standard InChI is InChI=1S/C14H19ClN2O2/c1-14(9-16,10-5-6-10)17-13(18)8-19-12-4-2-3-11(15)7-12/h2-4,7,10H,5-6,8-9,16H2,1H3,(H,17,18). The van der Waals surface area contributed by atoms with Gasteiger partial charge in [-0.05, 0) is 43.9 Å². The fourth-order valence-electron chi connectivity index (χ4n) is 2.10. The zero-order chi connectivity index (χ0) is 13.9. The molecule has 1 aliphatic carbocycles. The Hall–Kier alpha value is -1.26. The predicted molar refractivity (Wildman–Crippen MR) is 75.3 cm³/mol. The third kappa shape index (κ3) is 3.85. The van der Waals surface area contributed by atoms with E-state index in [1.807, 2.05) is 6.92 Å². The summed E-state index contributed by atoms with van der Waals surface area (Å²) >= 11 is 5.84. The lowest BCUT2D eigenvalue weighted by atomic mass is 9.96. The number of hydrogen-bond acceptors (Lipinski definition) is 3. The number of nitrogens with one attached hydrogen (secondary N) is 1. The van der Waals surface area contributed by atoms with Gasteiger partial charge in [0, 0.05) is 11.6 Å². The van der Waals surface area contributed by atoms with E-state index in [-0.39, 0.29) is 18.1 Å². The summed E-state index contributed by atoms with van der Waals surface area (Å²) in [6, 6.07) is 6.98. The van der Waals surface area contributed by atoms with Crippen LogP contribution in [0.25, 0.3) is 0 Å². The van der Waals surface area contributed by atoms with Gasteiger partial charge in [0.15, 0.2) is 6.61 Å². The maximum Gasteiger partial charge on any atom is 0.258 e. The van der Waals surface area contributed by atoms with E-state index in [0.717, 1.165) is 12.8 Å². The maximum absolute atomic E-state index is 11.9. The number of nitrogens with two attached hydrogens (primary N) is 1.